The Hall–Kier alpha value is -1.88. The molecular weight excluding hydrogens is 244 g/mol. The number of aldehydes is 1. The molecule has 1 heterocycles. The lowest BCUT2D eigenvalue weighted by Crippen LogP contribution is -2.33. The van der Waals surface area contributed by atoms with Crippen molar-refractivity contribution in [2.45, 2.75) is 19.3 Å². The summed E-state index contributed by atoms with van der Waals surface area (Å²) in [5.41, 5.74) is 2.29. The number of rotatable bonds is 5. The highest BCUT2D eigenvalue weighted by molar-refractivity contribution is 5.74. The van der Waals surface area contributed by atoms with E-state index in [-0.39, 0.29) is 11.2 Å². The number of carbonyl (C=O) groups is 1. The number of hydrogen-bond acceptors (Lipinski definition) is 4. The summed E-state index contributed by atoms with van der Waals surface area (Å²) in [6.45, 7) is 5.17. The second-order valence-corrected chi connectivity index (χ2v) is 5.29. The van der Waals surface area contributed by atoms with Crippen LogP contribution in [0.25, 0.3) is 11.1 Å². The maximum Gasteiger partial charge on any atom is 0.419 e. The summed E-state index contributed by atoms with van der Waals surface area (Å²) in [5.74, 6) is -0.357. The normalized spacial score (nSPS) is 11.9. The Morgan fingerprint density at radius 2 is 2.16 bits per heavy atom. The van der Waals surface area contributed by atoms with Gasteiger partial charge in [-0.15, -0.1) is 0 Å². The first kappa shape index (κ1) is 13.5. The van der Waals surface area contributed by atoms with Gasteiger partial charge in [-0.1, -0.05) is 19.9 Å². The molecule has 0 saturated carbocycles. The second kappa shape index (κ2) is 5.01. The molecular formula is C14H18N2O3. The van der Waals surface area contributed by atoms with E-state index in [9.17, 15) is 9.59 Å². The van der Waals surface area contributed by atoms with Crippen LogP contribution in [-0.4, -0.2) is 23.9 Å². The summed E-state index contributed by atoms with van der Waals surface area (Å²) in [7, 11) is 1.69. The number of benzene rings is 1. The summed E-state index contributed by atoms with van der Waals surface area (Å²) in [6, 6.07) is 5.76. The van der Waals surface area contributed by atoms with Crippen LogP contribution in [0.5, 0.6) is 0 Å². The van der Waals surface area contributed by atoms with E-state index in [1.165, 1.54) is 4.57 Å². The summed E-state index contributed by atoms with van der Waals surface area (Å²) < 4.78 is 6.67. The van der Waals surface area contributed by atoms with Gasteiger partial charge in [-0.05, 0) is 17.7 Å². The zero-order valence-electron chi connectivity index (χ0n) is 11.4. The molecule has 0 atom stereocenters. The summed E-state index contributed by atoms with van der Waals surface area (Å²) in [5, 5.41) is 3.07. The van der Waals surface area contributed by atoms with Gasteiger partial charge in [-0.2, -0.15) is 0 Å². The van der Waals surface area contributed by atoms with Gasteiger partial charge >= 0.3 is 5.76 Å². The molecule has 102 valence electrons. The van der Waals surface area contributed by atoms with Crippen LogP contribution in [0.2, 0.25) is 0 Å². The fourth-order valence-electron chi connectivity index (χ4n) is 2.10. The number of fused-ring (bicyclic) bond motifs is 1. The Balaban J connectivity index is 2.34. The molecule has 0 aliphatic heterocycles. The van der Waals surface area contributed by atoms with E-state index in [4.69, 9.17) is 4.42 Å². The lowest BCUT2D eigenvalue weighted by Gasteiger charge is -2.25. The van der Waals surface area contributed by atoms with Crippen molar-refractivity contribution in [2.24, 2.45) is 7.05 Å². The van der Waals surface area contributed by atoms with E-state index in [0.717, 1.165) is 17.4 Å². The van der Waals surface area contributed by atoms with E-state index in [1.54, 1.807) is 7.05 Å². The van der Waals surface area contributed by atoms with Crippen molar-refractivity contribution in [1.82, 2.24) is 9.88 Å². The largest absolute Gasteiger partial charge is 0.419 e. The van der Waals surface area contributed by atoms with Gasteiger partial charge in [0.15, 0.2) is 5.58 Å². The Bertz CT molecular complexity index is 652. The average Bonchev–Trinajstić information content (AvgIpc) is 2.65. The Labute approximate surface area is 111 Å². The fourth-order valence-corrected chi connectivity index (χ4v) is 2.10. The van der Waals surface area contributed by atoms with Crippen molar-refractivity contribution < 1.29 is 9.21 Å². The monoisotopic (exact) mass is 262 g/mol. The quantitative estimate of drug-likeness (QED) is 0.649. The predicted molar refractivity (Wildman–Crippen MR) is 73.4 cm³/mol. The van der Waals surface area contributed by atoms with Crippen LogP contribution in [0.4, 0.5) is 0 Å². The van der Waals surface area contributed by atoms with E-state index < -0.39 is 0 Å². The van der Waals surface area contributed by atoms with Crippen molar-refractivity contribution in [3.8, 4) is 0 Å². The van der Waals surface area contributed by atoms with Crippen LogP contribution >= 0.6 is 0 Å². The molecule has 0 bridgehead atoms. The van der Waals surface area contributed by atoms with Gasteiger partial charge in [0, 0.05) is 19.0 Å². The van der Waals surface area contributed by atoms with Crippen LogP contribution in [0, 0.1) is 0 Å². The van der Waals surface area contributed by atoms with Crippen molar-refractivity contribution in [3.63, 3.8) is 0 Å². The zero-order valence-corrected chi connectivity index (χ0v) is 11.4. The minimum atomic E-state index is -0.357. The fraction of sp³-hybridized carbons (Fsp3) is 0.429. The van der Waals surface area contributed by atoms with Crippen molar-refractivity contribution in [2.75, 3.05) is 13.1 Å². The van der Waals surface area contributed by atoms with Crippen LogP contribution in [0.15, 0.2) is 27.4 Å². The van der Waals surface area contributed by atoms with Gasteiger partial charge in [-0.25, -0.2) is 4.79 Å². The number of hydrogen-bond donors (Lipinski definition) is 1. The predicted octanol–water partition coefficient (Wildman–Crippen LogP) is 1.20. The lowest BCUT2D eigenvalue weighted by atomic mass is 9.84. The van der Waals surface area contributed by atoms with Gasteiger partial charge in [-0.3, -0.25) is 4.57 Å². The third-order valence-corrected chi connectivity index (χ3v) is 3.37. The number of aryl methyl sites for hydroxylation is 1. The van der Waals surface area contributed by atoms with E-state index >= 15 is 0 Å². The SMILES string of the molecule is Cn1c(=O)oc2cc(C(C)(C)CNCC=O)ccc21. The minimum absolute atomic E-state index is 0.147. The summed E-state index contributed by atoms with van der Waals surface area (Å²) in [4.78, 5) is 21.8. The molecule has 0 radical (unpaired) electrons. The molecule has 2 rings (SSSR count). The number of oxazole rings is 1. The number of nitrogens with zero attached hydrogens (tertiary/aromatic N) is 1. The van der Waals surface area contributed by atoms with Crippen molar-refractivity contribution >= 4 is 17.4 Å². The van der Waals surface area contributed by atoms with Crippen molar-refractivity contribution in [3.05, 3.63) is 34.3 Å². The van der Waals surface area contributed by atoms with Gasteiger partial charge in [0.1, 0.15) is 6.29 Å². The topological polar surface area (TPSA) is 64.2 Å². The van der Waals surface area contributed by atoms with Crippen molar-refractivity contribution in [1.29, 1.82) is 0 Å². The van der Waals surface area contributed by atoms with Gasteiger partial charge in [0.05, 0.1) is 12.1 Å². The molecule has 5 nitrogen and oxygen atoms in total. The molecule has 1 N–H and O–H groups in total. The molecule has 0 saturated heterocycles. The van der Waals surface area contributed by atoms with Crippen LogP contribution in [-0.2, 0) is 17.3 Å². The molecule has 0 aliphatic carbocycles. The molecule has 0 fully saturated rings. The van der Waals surface area contributed by atoms with Gasteiger partial charge in [0.2, 0.25) is 0 Å². The van der Waals surface area contributed by atoms with Crippen LogP contribution in [0.3, 0.4) is 0 Å². The van der Waals surface area contributed by atoms with E-state index in [2.05, 4.69) is 19.2 Å². The van der Waals surface area contributed by atoms with Crippen LogP contribution in [0.1, 0.15) is 19.4 Å². The average molecular weight is 262 g/mol. The highest BCUT2D eigenvalue weighted by atomic mass is 16.4. The number of aromatic nitrogens is 1. The number of nitrogens with one attached hydrogen (secondary N) is 1. The molecule has 1 aromatic heterocycles. The molecule has 0 amide bonds. The molecule has 0 spiro atoms. The van der Waals surface area contributed by atoms with E-state index in [1.807, 2.05) is 18.2 Å². The molecule has 2 aromatic rings. The lowest BCUT2D eigenvalue weighted by molar-refractivity contribution is -0.107. The first-order chi connectivity index (χ1) is 8.95. The highest BCUT2D eigenvalue weighted by Crippen LogP contribution is 2.25. The van der Waals surface area contributed by atoms with E-state index in [0.29, 0.717) is 18.7 Å². The minimum Gasteiger partial charge on any atom is -0.408 e. The molecule has 5 heteroatoms. The highest BCUT2D eigenvalue weighted by Gasteiger charge is 2.21. The Morgan fingerprint density at radius 3 is 2.84 bits per heavy atom. The molecule has 19 heavy (non-hydrogen) atoms. The zero-order chi connectivity index (χ0) is 14.0. The second-order valence-electron chi connectivity index (χ2n) is 5.29. The smallest absolute Gasteiger partial charge is 0.408 e. The first-order valence-electron chi connectivity index (χ1n) is 6.20. The van der Waals surface area contributed by atoms with Gasteiger partial charge in [0.25, 0.3) is 0 Å². The molecule has 1 aromatic carbocycles. The summed E-state index contributed by atoms with van der Waals surface area (Å²) in [6.07, 6.45) is 0.843. The summed E-state index contributed by atoms with van der Waals surface area (Å²) >= 11 is 0. The standard InChI is InChI=1S/C14H18N2O3/c1-14(2,9-15-6-7-17)10-4-5-11-12(8-10)19-13(18)16(11)3/h4-5,7-8,15H,6,9H2,1-3H3. The maximum atomic E-state index is 11.5. The third kappa shape index (κ3) is 2.61. The number of carbonyl (C=O) groups excluding carboxylic acids is 1. The Kier molecular flexibility index (Phi) is 3.57. The maximum absolute atomic E-state index is 11.5. The molecule has 0 aliphatic rings. The Morgan fingerprint density at radius 1 is 1.42 bits per heavy atom. The first-order valence-corrected chi connectivity index (χ1v) is 6.20. The third-order valence-electron chi connectivity index (χ3n) is 3.37. The molecule has 0 unspecified atom stereocenters. The van der Waals surface area contributed by atoms with Gasteiger partial charge < -0.3 is 14.5 Å². The van der Waals surface area contributed by atoms with Crippen LogP contribution < -0.4 is 11.1 Å².